The molecular weight excluding hydrogens is 269 g/mol. The third-order valence-electron chi connectivity index (χ3n) is 2.86. The normalized spacial score (nSPS) is 13.2. The van der Waals surface area contributed by atoms with E-state index < -0.39 is 11.7 Å². The van der Waals surface area contributed by atoms with E-state index in [2.05, 4.69) is 9.97 Å². The predicted molar refractivity (Wildman–Crippen MR) is 68.4 cm³/mol. The number of alkyl halides is 3. The highest BCUT2D eigenvalue weighted by atomic mass is 19.4. The molecule has 3 nitrogen and oxygen atoms in total. The summed E-state index contributed by atoms with van der Waals surface area (Å²) in [5, 5.41) is 0. The number of aryl methyl sites for hydroxylation is 1. The maximum absolute atomic E-state index is 12.6. The van der Waals surface area contributed by atoms with Gasteiger partial charge in [-0.25, -0.2) is 4.98 Å². The summed E-state index contributed by atoms with van der Waals surface area (Å²) in [6.07, 6.45) is 0.239. The zero-order chi connectivity index (χ0) is 14.6. The highest BCUT2D eigenvalue weighted by molar-refractivity contribution is 5.30. The standard InChI is InChI=1S/C14H15F3N2O/c1-10(5-6-12-8-18-9-19-12)20-13-4-2-3-11(7-13)14(15,16)17/h2-4,7-10H,5-6H2,1H3,(H,18,19). The Morgan fingerprint density at radius 2 is 2.15 bits per heavy atom. The van der Waals surface area contributed by atoms with Crippen LogP contribution >= 0.6 is 0 Å². The van der Waals surface area contributed by atoms with Gasteiger partial charge in [-0.05, 0) is 38.0 Å². The molecular formula is C14H15F3N2O. The van der Waals surface area contributed by atoms with Crippen molar-refractivity contribution in [2.24, 2.45) is 0 Å². The minimum atomic E-state index is -4.35. The SMILES string of the molecule is CC(CCc1c[nH]cn1)Oc1cccc(C(F)(F)F)c1. The summed E-state index contributed by atoms with van der Waals surface area (Å²) in [5.74, 6) is 0.231. The molecule has 1 N–H and O–H groups in total. The Morgan fingerprint density at radius 3 is 2.80 bits per heavy atom. The van der Waals surface area contributed by atoms with Crippen LogP contribution in [0.3, 0.4) is 0 Å². The first-order chi connectivity index (χ1) is 9.45. The van der Waals surface area contributed by atoms with Gasteiger partial charge in [-0.15, -0.1) is 0 Å². The van der Waals surface area contributed by atoms with Crippen LogP contribution in [0, 0.1) is 0 Å². The van der Waals surface area contributed by atoms with Gasteiger partial charge in [0.2, 0.25) is 0 Å². The number of rotatable bonds is 5. The van der Waals surface area contributed by atoms with E-state index in [1.165, 1.54) is 12.1 Å². The average Bonchev–Trinajstić information content (AvgIpc) is 2.89. The maximum Gasteiger partial charge on any atom is 0.416 e. The van der Waals surface area contributed by atoms with Gasteiger partial charge in [-0.3, -0.25) is 0 Å². The first-order valence-corrected chi connectivity index (χ1v) is 6.27. The van der Waals surface area contributed by atoms with E-state index in [0.717, 1.165) is 17.8 Å². The molecule has 0 aliphatic rings. The maximum atomic E-state index is 12.6. The largest absolute Gasteiger partial charge is 0.491 e. The molecule has 0 saturated heterocycles. The van der Waals surface area contributed by atoms with Crippen molar-refractivity contribution in [1.29, 1.82) is 0 Å². The number of hydrogen-bond donors (Lipinski definition) is 1. The van der Waals surface area contributed by atoms with Crippen LogP contribution in [0.5, 0.6) is 5.75 Å². The molecule has 0 amide bonds. The minimum absolute atomic E-state index is 0.185. The molecule has 1 aromatic carbocycles. The fourth-order valence-corrected chi connectivity index (χ4v) is 1.82. The lowest BCUT2D eigenvalue weighted by molar-refractivity contribution is -0.137. The van der Waals surface area contributed by atoms with Crippen LogP contribution in [0.2, 0.25) is 0 Å². The van der Waals surface area contributed by atoms with Crippen LogP contribution in [-0.2, 0) is 12.6 Å². The third kappa shape index (κ3) is 4.01. The Hall–Kier alpha value is -1.98. The molecule has 0 aliphatic heterocycles. The molecule has 0 fully saturated rings. The molecule has 1 unspecified atom stereocenters. The van der Waals surface area contributed by atoms with Crippen molar-refractivity contribution >= 4 is 0 Å². The van der Waals surface area contributed by atoms with Crippen LogP contribution in [0.15, 0.2) is 36.8 Å². The number of aromatic nitrogens is 2. The van der Waals surface area contributed by atoms with E-state index in [1.54, 1.807) is 12.5 Å². The van der Waals surface area contributed by atoms with Crippen LogP contribution in [0.25, 0.3) is 0 Å². The molecule has 0 radical (unpaired) electrons. The summed E-state index contributed by atoms with van der Waals surface area (Å²) < 4.78 is 43.2. The fraction of sp³-hybridized carbons (Fsp3) is 0.357. The second kappa shape index (κ2) is 5.98. The summed E-state index contributed by atoms with van der Waals surface area (Å²) in [6.45, 7) is 1.83. The fourth-order valence-electron chi connectivity index (χ4n) is 1.82. The summed E-state index contributed by atoms with van der Waals surface area (Å²) in [5.41, 5.74) is 0.207. The Morgan fingerprint density at radius 1 is 1.35 bits per heavy atom. The Bertz CT molecular complexity index is 538. The number of nitrogens with zero attached hydrogens (tertiary/aromatic N) is 1. The van der Waals surface area contributed by atoms with Gasteiger partial charge in [0.1, 0.15) is 5.75 Å². The van der Waals surface area contributed by atoms with E-state index in [0.29, 0.717) is 12.8 Å². The van der Waals surface area contributed by atoms with Crippen LogP contribution in [0.4, 0.5) is 13.2 Å². The van der Waals surface area contributed by atoms with Crippen molar-refractivity contribution < 1.29 is 17.9 Å². The second-order valence-electron chi connectivity index (χ2n) is 4.55. The molecule has 108 valence electrons. The molecule has 2 aromatic rings. The predicted octanol–water partition coefficient (Wildman–Crippen LogP) is 3.83. The van der Waals surface area contributed by atoms with Gasteiger partial charge in [-0.1, -0.05) is 6.07 Å². The summed E-state index contributed by atoms with van der Waals surface area (Å²) in [4.78, 5) is 6.93. The summed E-state index contributed by atoms with van der Waals surface area (Å²) in [7, 11) is 0. The number of aromatic amines is 1. The smallest absolute Gasteiger partial charge is 0.416 e. The van der Waals surface area contributed by atoms with Crippen molar-refractivity contribution in [3.63, 3.8) is 0 Å². The second-order valence-corrected chi connectivity index (χ2v) is 4.55. The molecule has 0 aliphatic carbocycles. The molecule has 2 rings (SSSR count). The topological polar surface area (TPSA) is 37.9 Å². The number of benzene rings is 1. The monoisotopic (exact) mass is 284 g/mol. The van der Waals surface area contributed by atoms with Gasteiger partial charge in [0, 0.05) is 6.20 Å². The Balaban J connectivity index is 1.92. The highest BCUT2D eigenvalue weighted by Crippen LogP contribution is 2.31. The van der Waals surface area contributed by atoms with Gasteiger partial charge in [0.05, 0.1) is 23.7 Å². The average molecular weight is 284 g/mol. The van der Waals surface area contributed by atoms with E-state index in [-0.39, 0.29) is 11.9 Å². The number of H-pyrrole nitrogens is 1. The number of halogens is 3. The Kier molecular flexibility index (Phi) is 4.32. The van der Waals surface area contributed by atoms with Gasteiger partial charge in [0.15, 0.2) is 0 Å². The van der Waals surface area contributed by atoms with Gasteiger partial charge in [-0.2, -0.15) is 13.2 Å². The molecule has 1 aromatic heterocycles. The van der Waals surface area contributed by atoms with E-state index >= 15 is 0 Å². The molecule has 1 atom stereocenters. The van der Waals surface area contributed by atoms with Gasteiger partial charge < -0.3 is 9.72 Å². The first kappa shape index (κ1) is 14.4. The van der Waals surface area contributed by atoms with Crippen molar-refractivity contribution in [1.82, 2.24) is 9.97 Å². The van der Waals surface area contributed by atoms with Crippen molar-refractivity contribution in [3.05, 3.63) is 48.0 Å². The first-order valence-electron chi connectivity index (χ1n) is 6.27. The van der Waals surface area contributed by atoms with Crippen LogP contribution in [0.1, 0.15) is 24.6 Å². The molecule has 1 heterocycles. The van der Waals surface area contributed by atoms with Crippen molar-refractivity contribution in [3.8, 4) is 5.75 Å². The molecule has 0 saturated carbocycles. The number of nitrogens with one attached hydrogen (secondary N) is 1. The van der Waals surface area contributed by atoms with Crippen molar-refractivity contribution in [2.75, 3.05) is 0 Å². The lowest BCUT2D eigenvalue weighted by atomic mass is 10.1. The lowest BCUT2D eigenvalue weighted by Gasteiger charge is -2.15. The zero-order valence-corrected chi connectivity index (χ0v) is 10.9. The lowest BCUT2D eigenvalue weighted by Crippen LogP contribution is -2.13. The number of hydrogen-bond acceptors (Lipinski definition) is 2. The number of imidazole rings is 1. The summed E-state index contributed by atoms with van der Waals surface area (Å²) in [6, 6.07) is 4.92. The van der Waals surface area contributed by atoms with E-state index in [9.17, 15) is 13.2 Å². The third-order valence-corrected chi connectivity index (χ3v) is 2.86. The molecule has 20 heavy (non-hydrogen) atoms. The highest BCUT2D eigenvalue weighted by Gasteiger charge is 2.30. The minimum Gasteiger partial charge on any atom is -0.491 e. The molecule has 0 bridgehead atoms. The van der Waals surface area contributed by atoms with Crippen LogP contribution in [-0.4, -0.2) is 16.1 Å². The summed E-state index contributed by atoms with van der Waals surface area (Å²) >= 11 is 0. The van der Waals surface area contributed by atoms with Crippen molar-refractivity contribution in [2.45, 2.75) is 32.0 Å². The molecule has 6 heteroatoms. The van der Waals surface area contributed by atoms with Gasteiger partial charge >= 0.3 is 6.18 Å². The molecule has 0 spiro atoms. The van der Waals surface area contributed by atoms with E-state index in [1.807, 2.05) is 6.92 Å². The van der Waals surface area contributed by atoms with E-state index in [4.69, 9.17) is 4.74 Å². The quantitative estimate of drug-likeness (QED) is 0.906. The van der Waals surface area contributed by atoms with Crippen LogP contribution < -0.4 is 4.74 Å². The Labute approximate surface area is 114 Å². The van der Waals surface area contributed by atoms with Gasteiger partial charge in [0.25, 0.3) is 0 Å². The number of ether oxygens (including phenoxy) is 1. The zero-order valence-electron chi connectivity index (χ0n) is 10.9.